The van der Waals surface area contributed by atoms with Gasteiger partial charge < -0.3 is 14.9 Å². The van der Waals surface area contributed by atoms with Crippen LogP contribution in [0.5, 0.6) is 0 Å². The van der Waals surface area contributed by atoms with Gasteiger partial charge in [-0.1, -0.05) is 26.0 Å². The minimum atomic E-state index is -0.228. The predicted molar refractivity (Wildman–Crippen MR) is 102 cm³/mol. The van der Waals surface area contributed by atoms with Crippen molar-refractivity contribution >= 4 is 11.6 Å². The van der Waals surface area contributed by atoms with Gasteiger partial charge in [0.2, 0.25) is 0 Å². The van der Waals surface area contributed by atoms with E-state index in [0.717, 1.165) is 56.7 Å². The highest BCUT2D eigenvalue weighted by Gasteiger charge is 2.29. The molecule has 1 aromatic carbocycles. The summed E-state index contributed by atoms with van der Waals surface area (Å²) in [5, 5.41) is 10.4. The SMILES string of the molecule is CC(C)C[C@H](O)C1CCN(C(=O)c2ccccc2N2CCCC2)CC1. The first kappa shape index (κ1) is 18.2. The molecule has 25 heavy (non-hydrogen) atoms. The summed E-state index contributed by atoms with van der Waals surface area (Å²) < 4.78 is 0. The van der Waals surface area contributed by atoms with Crippen LogP contribution in [0.1, 0.15) is 56.3 Å². The van der Waals surface area contributed by atoms with Crippen LogP contribution in [0.2, 0.25) is 0 Å². The van der Waals surface area contributed by atoms with Crippen molar-refractivity contribution < 1.29 is 9.90 Å². The number of anilines is 1. The molecule has 1 atom stereocenters. The van der Waals surface area contributed by atoms with E-state index in [1.165, 1.54) is 12.8 Å². The Labute approximate surface area is 151 Å². The molecule has 4 nitrogen and oxygen atoms in total. The number of carbonyl (C=O) groups excluding carboxylic acids is 1. The first-order valence-electron chi connectivity index (χ1n) is 9.87. The highest BCUT2D eigenvalue weighted by atomic mass is 16.3. The maximum atomic E-state index is 13.1. The van der Waals surface area contributed by atoms with Gasteiger partial charge in [0.05, 0.1) is 11.7 Å². The molecule has 138 valence electrons. The van der Waals surface area contributed by atoms with E-state index in [4.69, 9.17) is 0 Å². The van der Waals surface area contributed by atoms with E-state index in [1.807, 2.05) is 23.1 Å². The molecule has 2 aliphatic rings. The summed E-state index contributed by atoms with van der Waals surface area (Å²) in [7, 11) is 0. The van der Waals surface area contributed by atoms with E-state index < -0.39 is 0 Å². The molecule has 0 bridgehead atoms. The molecule has 2 fully saturated rings. The minimum absolute atomic E-state index is 0.152. The van der Waals surface area contributed by atoms with E-state index in [0.29, 0.717) is 11.8 Å². The van der Waals surface area contributed by atoms with Crippen molar-refractivity contribution in [1.29, 1.82) is 0 Å². The Balaban J connectivity index is 1.63. The Hall–Kier alpha value is -1.55. The quantitative estimate of drug-likeness (QED) is 0.888. The molecule has 0 saturated carbocycles. The van der Waals surface area contributed by atoms with Crippen molar-refractivity contribution in [2.75, 3.05) is 31.1 Å². The van der Waals surface area contributed by atoms with Crippen LogP contribution in [0.3, 0.4) is 0 Å². The molecule has 1 aromatic rings. The normalized spacial score (nSPS) is 20.3. The third kappa shape index (κ3) is 4.35. The maximum Gasteiger partial charge on any atom is 0.255 e. The molecule has 0 unspecified atom stereocenters. The van der Waals surface area contributed by atoms with Gasteiger partial charge in [-0.05, 0) is 56.1 Å². The lowest BCUT2D eigenvalue weighted by Gasteiger charge is -2.35. The van der Waals surface area contributed by atoms with Crippen molar-refractivity contribution in [2.24, 2.45) is 11.8 Å². The second kappa shape index (κ2) is 8.22. The molecule has 0 aromatic heterocycles. The predicted octanol–water partition coefficient (Wildman–Crippen LogP) is 3.55. The van der Waals surface area contributed by atoms with Gasteiger partial charge in [-0.15, -0.1) is 0 Å². The van der Waals surface area contributed by atoms with Crippen molar-refractivity contribution in [3.63, 3.8) is 0 Å². The number of aliphatic hydroxyl groups is 1. The van der Waals surface area contributed by atoms with Crippen LogP contribution in [0.25, 0.3) is 0 Å². The Morgan fingerprint density at radius 3 is 2.40 bits per heavy atom. The van der Waals surface area contributed by atoms with E-state index >= 15 is 0 Å². The molecule has 0 spiro atoms. The summed E-state index contributed by atoms with van der Waals surface area (Å²) in [4.78, 5) is 17.4. The first-order chi connectivity index (χ1) is 12.1. The monoisotopic (exact) mass is 344 g/mol. The fraction of sp³-hybridized carbons (Fsp3) is 0.667. The number of piperidine rings is 1. The highest BCUT2D eigenvalue weighted by molar-refractivity contribution is 6.00. The van der Waals surface area contributed by atoms with Crippen LogP contribution in [0.4, 0.5) is 5.69 Å². The summed E-state index contributed by atoms with van der Waals surface area (Å²) >= 11 is 0. The molecule has 2 heterocycles. The zero-order chi connectivity index (χ0) is 17.8. The number of benzene rings is 1. The number of hydrogen-bond acceptors (Lipinski definition) is 3. The number of hydrogen-bond donors (Lipinski definition) is 1. The van der Waals surface area contributed by atoms with Gasteiger partial charge in [-0.25, -0.2) is 0 Å². The van der Waals surface area contributed by atoms with Crippen molar-refractivity contribution in [1.82, 2.24) is 4.90 Å². The maximum absolute atomic E-state index is 13.1. The Bertz CT molecular complexity index is 573. The van der Waals surface area contributed by atoms with Gasteiger partial charge in [0.15, 0.2) is 0 Å². The molecule has 2 aliphatic heterocycles. The summed E-state index contributed by atoms with van der Waals surface area (Å²) in [6.45, 7) is 7.91. The lowest BCUT2D eigenvalue weighted by molar-refractivity contribution is 0.0385. The number of para-hydroxylation sites is 1. The lowest BCUT2D eigenvalue weighted by atomic mass is 9.87. The second-order valence-corrected chi connectivity index (χ2v) is 8.04. The third-order valence-corrected chi connectivity index (χ3v) is 5.67. The van der Waals surface area contributed by atoms with Gasteiger partial charge in [0.1, 0.15) is 0 Å². The average Bonchev–Trinajstić information content (AvgIpc) is 3.15. The molecule has 3 rings (SSSR count). The number of nitrogens with zero attached hydrogens (tertiary/aromatic N) is 2. The number of amides is 1. The van der Waals surface area contributed by atoms with E-state index in [-0.39, 0.29) is 12.0 Å². The zero-order valence-corrected chi connectivity index (χ0v) is 15.7. The number of likely N-dealkylation sites (tertiary alicyclic amines) is 1. The summed E-state index contributed by atoms with van der Waals surface area (Å²) in [6.07, 6.45) is 4.87. The molecular formula is C21H32N2O2. The van der Waals surface area contributed by atoms with Crippen LogP contribution >= 0.6 is 0 Å². The van der Waals surface area contributed by atoms with Crippen LogP contribution in [-0.2, 0) is 0 Å². The summed E-state index contributed by atoms with van der Waals surface area (Å²) in [5.74, 6) is 1.00. The minimum Gasteiger partial charge on any atom is -0.393 e. The number of carbonyl (C=O) groups is 1. The number of aliphatic hydroxyl groups excluding tert-OH is 1. The van der Waals surface area contributed by atoms with Crippen LogP contribution < -0.4 is 4.90 Å². The summed E-state index contributed by atoms with van der Waals surface area (Å²) in [6, 6.07) is 8.04. The summed E-state index contributed by atoms with van der Waals surface area (Å²) in [5.41, 5.74) is 1.93. The second-order valence-electron chi connectivity index (χ2n) is 8.04. The molecule has 2 saturated heterocycles. The van der Waals surface area contributed by atoms with Gasteiger partial charge in [0, 0.05) is 31.9 Å². The van der Waals surface area contributed by atoms with Gasteiger partial charge in [0.25, 0.3) is 5.91 Å². The van der Waals surface area contributed by atoms with Gasteiger partial charge in [-0.2, -0.15) is 0 Å². The first-order valence-corrected chi connectivity index (χ1v) is 9.87. The standard InChI is InChI=1S/C21H32N2O2/c1-16(2)15-20(24)17-9-13-23(14-10-17)21(25)18-7-3-4-8-19(18)22-11-5-6-12-22/h3-4,7-8,16-17,20,24H,5-6,9-15H2,1-2H3/t20-/m0/s1. The third-order valence-electron chi connectivity index (χ3n) is 5.67. The molecule has 1 amide bonds. The average molecular weight is 344 g/mol. The largest absolute Gasteiger partial charge is 0.393 e. The topological polar surface area (TPSA) is 43.8 Å². The fourth-order valence-corrected chi connectivity index (χ4v) is 4.22. The van der Waals surface area contributed by atoms with Gasteiger partial charge >= 0.3 is 0 Å². The molecular weight excluding hydrogens is 312 g/mol. The van der Waals surface area contributed by atoms with Crippen molar-refractivity contribution in [2.45, 2.75) is 52.1 Å². The Morgan fingerprint density at radius 2 is 1.76 bits per heavy atom. The van der Waals surface area contributed by atoms with Crippen LogP contribution in [0.15, 0.2) is 24.3 Å². The smallest absolute Gasteiger partial charge is 0.255 e. The number of rotatable bonds is 5. The highest BCUT2D eigenvalue weighted by Crippen LogP contribution is 2.29. The molecule has 1 N–H and O–H groups in total. The van der Waals surface area contributed by atoms with E-state index in [2.05, 4.69) is 24.8 Å². The van der Waals surface area contributed by atoms with Crippen LogP contribution in [-0.4, -0.2) is 48.2 Å². The lowest BCUT2D eigenvalue weighted by Crippen LogP contribution is -2.42. The molecule has 0 aliphatic carbocycles. The van der Waals surface area contributed by atoms with E-state index in [1.54, 1.807) is 0 Å². The van der Waals surface area contributed by atoms with Gasteiger partial charge in [-0.3, -0.25) is 4.79 Å². The molecule has 4 heteroatoms. The van der Waals surface area contributed by atoms with Crippen LogP contribution in [0, 0.1) is 11.8 Å². The Kier molecular flexibility index (Phi) is 6.00. The zero-order valence-electron chi connectivity index (χ0n) is 15.7. The van der Waals surface area contributed by atoms with E-state index in [9.17, 15) is 9.90 Å². The van der Waals surface area contributed by atoms with Crippen molar-refractivity contribution in [3.8, 4) is 0 Å². The fourth-order valence-electron chi connectivity index (χ4n) is 4.22. The Morgan fingerprint density at radius 1 is 1.12 bits per heavy atom. The van der Waals surface area contributed by atoms with Crippen molar-refractivity contribution in [3.05, 3.63) is 29.8 Å². The molecule has 0 radical (unpaired) electrons.